The largest absolute Gasteiger partial charge is 0.319 e. The first kappa shape index (κ1) is 24.5. The normalized spacial score (nSPS) is 13.0. The maximum Gasteiger partial charge on any atom is 0.292 e. The lowest BCUT2D eigenvalue weighted by atomic mass is 9.84. The van der Waals surface area contributed by atoms with Crippen molar-refractivity contribution in [1.29, 1.82) is 0 Å². The summed E-state index contributed by atoms with van der Waals surface area (Å²) in [5, 5.41) is 4.31. The molecule has 1 amide bonds. The van der Waals surface area contributed by atoms with Crippen molar-refractivity contribution in [2.24, 2.45) is 5.92 Å². The number of para-hydroxylation sites is 1. The zero-order valence-corrected chi connectivity index (χ0v) is 20.3. The molecule has 3 aromatic carbocycles. The van der Waals surface area contributed by atoms with Gasteiger partial charge in [-0.3, -0.25) is 9.59 Å². The summed E-state index contributed by atoms with van der Waals surface area (Å²) in [7, 11) is -3.94. The Labute approximate surface area is 208 Å². The molecule has 0 spiro atoms. The van der Waals surface area contributed by atoms with E-state index in [2.05, 4.69) is 10.0 Å². The zero-order valence-electron chi connectivity index (χ0n) is 18.7. The third-order valence-corrected chi connectivity index (χ3v) is 8.33. The maximum atomic E-state index is 13.6. The number of sulfonamides is 1. The number of amides is 1. The third kappa shape index (κ3) is 6.30. The number of hydrogen-bond acceptors (Lipinski definition) is 5. The molecule has 0 fully saturated rings. The molecule has 178 valence electrons. The molecule has 4 rings (SSSR count). The lowest BCUT2D eigenvalue weighted by Gasteiger charge is -2.27. The van der Waals surface area contributed by atoms with Crippen LogP contribution >= 0.6 is 11.3 Å². The van der Waals surface area contributed by atoms with Crippen molar-refractivity contribution in [1.82, 2.24) is 4.72 Å². The first-order valence-electron chi connectivity index (χ1n) is 11.0. The highest BCUT2D eigenvalue weighted by atomic mass is 32.2. The van der Waals surface area contributed by atoms with Crippen molar-refractivity contribution in [3.8, 4) is 0 Å². The molecule has 0 bridgehead atoms. The number of carbonyl (C=O) groups excluding carboxylic acids is 2. The molecule has 2 N–H and O–H groups in total. The zero-order chi connectivity index (χ0) is 24.7. The molecule has 8 heteroatoms. The Kier molecular flexibility index (Phi) is 7.87. The van der Waals surface area contributed by atoms with Gasteiger partial charge in [-0.05, 0) is 41.1 Å². The molecule has 0 aliphatic carbocycles. The highest BCUT2D eigenvalue weighted by Gasteiger charge is 2.36. The summed E-state index contributed by atoms with van der Waals surface area (Å²) in [6.07, 6.45) is 0.175. The van der Waals surface area contributed by atoms with Crippen LogP contribution in [0.15, 0.2) is 113 Å². The van der Waals surface area contributed by atoms with Crippen LogP contribution in [0, 0.1) is 5.92 Å². The van der Waals surface area contributed by atoms with Crippen LogP contribution < -0.4 is 10.0 Å². The Balaban J connectivity index is 1.73. The number of Topliss-reactive ketones (excluding diaryl/α,β-unsaturated/α-hetero) is 1. The van der Waals surface area contributed by atoms with Crippen LogP contribution in [-0.4, -0.2) is 20.1 Å². The Bertz CT molecular complexity index is 1360. The number of carbonyl (C=O) groups is 2. The second-order valence-corrected chi connectivity index (χ2v) is 10.8. The molecule has 0 unspecified atom stereocenters. The van der Waals surface area contributed by atoms with E-state index >= 15 is 0 Å². The van der Waals surface area contributed by atoms with E-state index in [1.807, 2.05) is 36.4 Å². The van der Waals surface area contributed by atoms with Gasteiger partial charge in [0.1, 0.15) is 4.21 Å². The van der Waals surface area contributed by atoms with E-state index in [0.29, 0.717) is 11.3 Å². The smallest absolute Gasteiger partial charge is 0.292 e. The van der Waals surface area contributed by atoms with Gasteiger partial charge in [-0.1, -0.05) is 84.9 Å². The fourth-order valence-electron chi connectivity index (χ4n) is 3.80. The Morgan fingerprint density at radius 1 is 0.771 bits per heavy atom. The predicted molar refractivity (Wildman–Crippen MR) is 138 cm³/mol. The van der Waals surface area contributed by atoms with Gasteiger partial charge in [0.05, 0.1) is 12.0 Å². The number of anilines is 1. The third-order valence-electron chi connectivity index (χ3n) is 5.49. The van der Waals surface area contributed by atoms with Gasteiger partial charge in [0.15, 0.2) is 0 Å². The van der Waals surface area contributed by atoms with E-state index in [1.54, 1.807) is 66.0 Å². The molecule has 0 aliphatic heterocycles. The van der Waals surface area contributed by atoms with Crippen LogP contribution in [0.5, 0.6) is 0 Å². The minimum absolute atomic E-state index is 0.137. The summed E-state index contributed by atoms with van der Waals surface area (Å²) in [4.78, 5) is 26.6. The van der Waals surface area contributed by atoms with E-state index in [1.165, 1.54) is 6.07 Å². The molecule has 0 saturated heterocycles. The average molecular weight is 505 g/mol. The van der Waals surface area contributed by atoms with Gasteiger partial charge in [-0.2, -0.15) is 0 Å². The standard InChI is InChI=1S/C27H24N2O4S2/c30-26(27(31)28-22-15-8-3-9-16-22)23(19-20-11-4-1-5-12-20)25(21-13-6-2-7-14-21)29-35(32,33)24-17-10-18-34-24/h1-18,23,25,29H,19H2,(H,28,31)/t23-,25+/m1/s1. The Morgan fingerprint density at radius 3 is 1.97 bits per heavy atom. The highest BCUT2D eigenvalue weighted by molar-refractivity contribution is 7.91. The molecule has 2 atom stereocenters. The van der Waals surface area contributed by atoms with Crippen LogP contribution in [0.4, 0.5) is 5.69 Å². The van der Waals surface area contributed by atoms with E-state index in [9.17, 15) is 18.0 Å². The van der Waals surface area contributed by atoms with Gasteiger partial charge < -0.3 is 5.32 Å². The van der Waals surface area contributed by atoms with Gasteiger partial charge >= 0.3 is 0 Å². The summed E-state index contributed by atoms with van der Waals surface area (Å²) >= 11 is 1.08. The number of ketones is 1. The number of thiophene rings is 1. The molecule has 4 aromatic rings. The summed E-state index contributed by atoms with van der Waals surface area (Å²) in [5.74, 6) is -2.49. The lowest BCUT2D eigenvalue weighted by Crippen LogP contribution is -2.41. The summed E-state index contributed by atoms with van der Waals surface area (Å²) < 4.78 is 29.3. The van der Waals surface area contributed by atoms with Crippen molar-refractivity contribution in [2.75, 3.05) is 5.32 Å². The topological polar surface area (TPSA) is 92.3 Å². The fourth-order valence-corrected chi connectivity index (χ4v) is 6.07. The second-order valence-electron chi connectivity index (χ2n) is 7.92. The Hall–Kier alpha value is -3.59. The van der Waals surface area contributed by atoms with Gasteiger partial charge in [0.2, 0.25) is 5.78 Å². The van der Waals surface area contributed by atoms with Crippen molar-refractivity contribution < 1.29 is 18.0 Å². The quantitative estimate of drug-likeness (QED) is 0.303. The molecule has 0 saturated carbocycles. The highest BCUT2D eigenvalue weighted by Crippen LogP contribution is 2.30. The van der Waals surface area contributed by atoms with Crippen molar-refractivity contribution in [2.45, 2.75) is 16.7 Å². The Morgan fingerprint density at radius 2 is 1.37 bits per heavy atom. The van der Waals surface area contributed by atoms with E-state index in [4.69, 9.17) is 0 Å². The van der Waals surface area contributed by atoms with Crippen LogP contribution in [0.1, 0.15) is 17.2 Å². The lowest BCUT2D eigenvalue weighted by molar-refractivity contribution is -0.137. The molecule has 1 heterocycles. The number of rotatable bonds is 10. The van der Waals surface area contributed by atoms with Crippen molar-refractivity contribution in [3.05, 3.63) is 120 Å². The van der Waals surface area contributed by atoms with E-state index in [-0.39, 0.29) is 10.6 Å². The molecule has 0 aliphatic rings. The molecule has 0 radical (unpaired) electrons. The molecule has 1 aromatic heterocycles. The molecule has 6 nitrogen and oxygen atoms in total. The van der Waals surface area contributed by atoms with Crippen LogP contribution in [-0.2, 0) is 26.0 Å². The van der Waals surface area contributed by atoms with Gasteiger partial charge in [0.25, 0.3) is 15.9 Å². The number of hydrogen-bond donors (Lipinski definition) is 2. The molecule has 35 heavy (non-hydrogen) atoms. The minimum atomic E-state index is -3.94. The van der Waals surface area contributed by atoms with Gasteiger partial charge in [-0.25, -0.2) is 13.1 Å². The van der Waals surface area contributed by atoms with Gasteiger partial charge in [0, 0.05) is 5.69 Å². The summed E-state index contributed by atoms with van der Waals surface area (Å²) in [6.45, 7) is 0. The van der Waals surface area contributed by atoms with Crippen LogP contribution in [0.3, 0.4) is 0 Å². The monoisotopic (exact) mass is 504 g/mol. The predicted octanol–water partition coefficient (Wildman–Crippen LogP) is 4.83. The molecular formula is C27H24N2O4S2. The van der Waals surface area contributed by atoms with Gasteiger partial charge in [-0.15, -0.1) is 11.3 Å². The summed E-state index contributed by atoms with van der Waals surface area (Å²) in [5.41, 5.74) is 1.89. The summed E-state index contributed by atoms with van der Waals surface area (Å²) in [6, 6.07) is 29.0. The van der Waals surface area contributed by atoms with E-state index in [0.717, 1.165) is 16.9 Å². The van der Waals surface area contributed by atoms with E-state index < -0.39 is 33.7 Å². The minimum Gasteiger partial charge on any atom is -0.319 e. The maximum absolute atomic E-state index is 13.6. The first-order valence-corrected chi connectivity index (χ1v) is 13.4. The van der Waals surface area contributed by atoms with Crippen molar-refractivity contribution >= 4 is 38.7 Å². The van der Waals surface area contributed by atoms with Crippen molar-refractivity contribution in [3.63, 3.8) is 0 Å². The second kappa shape index (κ2) is 11.2. The van der Waals surface area contributed by atoms with Crippen LogP contribution in [0.25, 0.3) is 0 Å². The first-order chi connectivity index (χ1) is 16.9. The SMILES string of the molecule is O=C(Nc1ccccc1)C(=O)[C@H](Cc1ccccc1)[C@@H](NS(=O)(=O)c1cccs1)c1ccccc1. The number of benzene rings is 3. The average Bonchev–Trinajstić information content (AvgIpc) is 3.44. The fraction of sp³-hybridized carbons (Fsp3) is 0.111. The number of nitrogens with one attached hydrogen (secondary N) is 2. The van der Waals surface area contributed by atoms with Crippen LogP contribution in [0.2, 0.25) is 0 Å². The molecular weight excluding hydrogens is 480 g/mol.